The predicted molar refractivity (Wildman–Crippen MR) is 116 cm³/mol. The van der Waals surface area contributed by atoms with E-state index < -0.39 is 0 Å². The average molecular weight is 409 g/mol. The van der Waals surface area contributed by atoms with Crippen molar-refractivity contribution in [3.05, 3.63) is 51.8 Å². The number of piperidine rings is 1. The van der Waals surface area contributed by atoms with Crippen LogP contribution in [0.5, 0.6) is 0 Å². The molecule has 7 heteroatoms. The molecule has 3 heterocycles. The Hall–Kier alpha value is -2.86. The molecule has 1 aliphatic rings. The summed E-state index contributed by atoms with van der Waals surface area (Å²) in [5.41, 5.74) is 3.51. The van der Waals surface area contributed by atoms with Gasteiger partial charge in [-0.25, -0.2) is 0 Å². The van der Waals surface area contributed by atoms with Crippen LogP contribution in [0.25, 0.3) is 27.7 Å². The van der Waals surface area contributed by atoms with Gasteiger partial charge in [0.2, 0.25) is 5.78 Å². The Bertz CT molecular complexity index is 1340. The van der Waals surface area contributed by atoms with E-state index in [2.05, 4.69) is 46.5 Å². The number of hydrogen-bond acceptors (Lipinski definition) is 4. The molecule has 0 spiro atoms. The molecule has 5 rings (SSSR count). The first-order chi connectivity index (χ1) is 14.0. The topological polar surface area (TPSA) is 59.6 Å². The molecule has 6 nitrogen and oxygen atoms in total. The van der Waals surface area contributed by atoms with Gasteiger partial charge in [0.1, 0.15) is 5.78 Å². The third-order valence-electron chi connectivity index (χ3n) is 5.73. The van der Waals surface area contributed by atoms with Crippen molar-refractivity contribution in [2.75, 3.05) is 18.0 Å². The van der Waals surface area contributed by atoms with E-state index in [1.165, 1.54) is 0 Å². The molecule has 2 aromatic carbocycles. The number of nitrogens with zero attached hydrogens (tertiary/aromatic N) is 4. The third kappa shape index (κ3) is 2.74. The van der Waals surface area contributed by atoms with Crippen molar-refractivity contribution in [1.82, 2.24) is 14.0 Å². The van der Waals surface area contributed by atoms with E-state index in [0.717, 1.165) is 35.3 Å². The zero-order valence-corrected chi connectivity index (χ0v) is 17.1. The normalized spacial score (nSPS) is 15.3. The van der Waals surface area contributed by atoms with E-state index in [-0.39, 0.29) is 11.6 Å². The smallest absolute Gasteiger partial charge is 0.283 e. The summed E-state index contributed by atoms with van der Waals surface area (Å²) in [5, 5.41) is 0.850. The van der Waals surface area contributed by atoms with Gasteiger partial charge in [-0.1, -0.05) is 17.7 Å². The van der Waals surface area contributed by atoms with E-state index in [1.807, 2.05) is 16.5 Å². The van der Waals surface area contributed by atoms with Crippen LogP contribution < -0.4 is 10.5 Å². The largest absolute Gasteiger partial charge is 0.371 e. The molecule has 2 aromatic heterocycles. The average Bonchev–Trinajstić information content (AvgIpc) is 3.02. The Kier molecular flexibility index (Phi) is 4.13. The van der Waals surface area contributed by atoms with E-state index >= 15 is 0 Å². The van der Waals surface area contributed by atoms with Crippen molar-refractivity contribution < 1.29 is 4.79 Å². The molecule has 0 atom stereocenters. The molecule has 0 N–H and O–H groups in total. The highest BCUT2D eigenvalue weighted by molar-refractivity contribution is 6.35. The maximum absolute atomic E-state index is 12.7. The van der Waals surface area contributed by atoms with Crippen molar-refractivity contribution in [2.45, 2.75) is 32.7 Å². The molecule has 0 saturated carbocycles. The number of carbonyl (C=O) groups is 1. The zero-order valence-electron chi connectivity index (χ0n) is 16.4. The fourth-order valence-corrected chi connectivity index (χ4v) is 4.59. The molecule has 0 aliphatic carbocycles. The van der Waals surface area contributed by atoms with Crippen LogP contribution in [0.3, 0.4) is 0 Å². The molecule has 0 bridgehead atoms. The number of halogens is 1. The molecular formula is C22H21ClN4O2. The van der Waals surface area contributed by atoms with Gasteiger partial charge in [0, 0.05) is 37.7 Å². The lowest BCUT2D eigenvalue weighted by Crippen LogP contribution is -2.33. The standard InChI is InChI=1S/C22H21ClN4O2/c1-13(2)26-19-12-14(25-10-8-15(28)9-11-25)6-7-17(19)27-18-5-3-4-16(23)20(18)21(29)24-22(26)27/h3-7,12-13H,8-11H2,1-2H3. The van der Waals surface area contributed by atoms with Crippen molar-refractivity contribution in [3.8, 4) is 0 Å². The number of carbonyl (C=O) groups excluding carboxylic acids is 1. The van der Waals surface area contributed by atoms with Crippen LogP contribution in [0.4, 0.5) is 5.69 Å². The molecule has 0 amide bonds. The number of anilines is 1. The molecular weight excluding hydrogens is 388 g/mol. The van der Waals surface area contributed by atoms with Crippen LogP contribution in [0.1, 0.15) is 32.7 Å². The van der Waals surface area contributed by atoms with Gasteiger partial charge in [-0.05, 0) is 44.2 Å². The van der Waals surface area contributed by atoms with E-state index in [4.69, 9.17) is 11.6 Å². The first-order valence-corrected chi connectivity index (χ1v) is 10.2. The molecule has 29 heavy (non-hydrogen) atoms. The minimum absolute atomic E-state index is 0.115. The van der Waals surface area contributed by atoms with Gasteiger partial charge in [-0.3, -0.25) is 14.0 Å². The maximum Gasteiger partial charge on any atom is 0.283 e. The van der Waals surface area contributed by atoms with Crippen molar-refractivity contribution in [2.24, 2.45) is 0 Å². The highest BCUT2D eigenvalue weighted by atomic mass is 35.5. The number of aromatic nitrogens is 3. The summed E-state index contributed by atoms with van der Waals surface area (Å²) < 4.78 is 4.11. The Morgan fingerprint density at radius 2 is 1.76 bits per heavy atom. The molecule has 0 unspecified atom stereocenters. The fourth-order valence-electron chi connectivity index (χ4n) is 4.34. The lowest BCUT2D eigenvalue weighted by Gasteiger charge is -2.28. The highest BCUT2D eigenvalue weighted by Gasteiger charge is 2.21. The van der Waals surface area contributed by atoms with Crippen molar-refractivity contribution >= 4 is 50.8 Å². The molecule has 1 fully saturated rings. The molecule has 148 valence electrons. The second kappa shape index (κ2) is 6.59. The van der Waals surface area contributed by atoms with Gasteiger partial charge in [-0.2, -0.15) is 4.98 Å². The summed E-state index contributed by atoms with van der Waals surface area (Å²) in [4.78, 5) is 31.0. The molecule has 4 aromatic rings. The number of rotatable bonds is 2. The number of imidazole rings is 1. The fraction of sp³-hybridized carbons (Fsp3) is 0.318. The predicted octanol–water partition coefficient (Wildman–Crippen LogP) is 4.21. The van der Waals surface area contributed by atoms with Gasteiger partial charge in [0.15, 0.2) is 0 Å². The number of fused-ring (bicyclic) bond motifs is 5. The van der Waals surface area contributed by atoms with E-state index in [1.54, 1.807) is 6.07 Å². The SMILES string of the molecule is CC(C)n1c2cc(N3CCC(=O)CC3)ccc2n2c3cccc(Cl)c3c(=O)nc12. The van der Waals surface area contributed by atoms with Crippen molar-refractivity contribution in [1.29, 1.82) is 0 Å². The summed E-state index contributed by atoms with van der Waals surface area (Å²) in [6.07, 6.45) is 1.17. The Morgan fingerprint density at radius 1 is 1.00 bits per heavy atom. The van der Waals surface area contributed by atoms with Gasteiger partial charge >= 0.3 is 0 Å². The third-order valence-corrected chi connectivity index (χ3v) is 6.04. The molecule has 0 radical (unpaired) electrons. The summed E-state index contributed by atoms with van der Waals surface area (Å²) in [5.74, 6) is 0.936. The van der Waals surface area contributed by atoms with Crippen LogP contribution in [-0.2, 0) is 4.79 Å². The van der Waals surface area contributed by atoms with E-state index in [0.29, 0.717) is 34.8 Å². The van der Waals surface area contributed by atoms with Gasteiger partial charge in [0.25, 0.3) is 5.56 Å². The lowest BCUT2D eigenvalue weighted by atomic mass is 10.1. The Labute approximate surface area is 172 Å². The Balaban J connectivity index is 1.85. The summed E-state index contributed by atoms with van der Waals surface area (Å²) in [7, 11) is 0. The first-order valence-electron chi connectivity index (χ1n) is 9.87. The monoisotopic (exact) mass is 408 g/mol. The van der Waals surface area contributed by atoms with Gasteiger partial charge in [0.05, 0.1) is 27.0 Å². The van der Waals surface area contributed by atoms with Crippen LogP contribution in [-0.4, -0.2) is 32.8 Å². The summed E-state index contributed by atoms with van der Waals surface area (Å²) >= 11 is 6.33. The first kappa shape index (κ1) is 18.2. The number of hydrogen-bond donors (Lipinski definition) is 0. The van der Waals surface area contributed by atoms with Crippen LogP contribution >= 0.6 is 11.6 Å². The summed E-state index contributed by atoms with van der Waals surface area (Å²) in [6, 6.07) is 11.9. The van der Waals surface area contributed by atoms with Crippen LogP contribution in [0.2, 0.25) is 5.02 Å². The quantitative estimate of drug-likeness (QED) is 0.498. The minimum atomic E-state index is -0.315. The molecule has 1 aliphatic heterocycles. The van der Waals surface area contributed by atoms with Crippen LogP contribution in [0.15, 0.2) is 41.2 Å². The van der Waals surface area contributed by atoms with Crippen LogP contribution in [0, 0.1) is 0 Å². The number of Topliss-reactive ketones (excluding diaryl/α,β-unsaturated/α-hetero) is 1. The Morgan fingerprint density at radius 3 is 2.48 bits per heavy atom. The van der Waals surface area contributed by atoms with Gasteiger partial charge in [-0.15, -0.1) is 0 Å². The number of ketones is 1. The maximum atomic E-state index is 12.7. The minimum Gasteiger partial charge on any atom is -0.371 e. The van der Waals surface area contributed by atoms with Gasteiger partial charge < -0.3 is 9.47 Å². The number of benzene rings is 2. The van der Waals surface area contributed by atoms with E-state index in [9.17, 15) is 9.59 Å². The summed E-state index contributed by atoms with van der Waals surface area (Å²) in [6.45, 7) is 5.64. The second-order valence-corrected chi connectivity index (χ2v) is 8.26. The highest BCUT2D eigenvalue weighted by Crippen LogP contribution is 2.31. The van der Waals surface area contributed by atoms with Crippen molar-refractivity contribution in [3.63, 3.8) is 0 Å². The molecule has 1 saturated heterocycles. The second-order valence-electron chi connectivity index (χ2n) is 7.85. The zero-order chi connectivity index (χ0) is 20.3. The lowest BCUT2D eigenvalue weighted by molar-refractivity contribution is -0.119.